The Balaban J connectivity index is 1.26. The lowest BCUT2D eigenvalue weighted by Gasteiger charge is -2.26. The van der Waals surface area contributed by atoms with E-state index in [9.17, 15) is 4.79 Å². The van der Waals surface area contributed by atoms with E-state index in [2.05, 4.69) is 36.0 Å². The third kappa shape index (κ3) is 4.51. The van der Waals surface area contributed by atoms with Crippen LogP contribution in [-0.2, 0) is 21.8 Å². The summed E-state index contributed by atoms with van der Waals surface area (Å²) in [6.45, 7) is 1.10. The van der Waals surface area contributed by atoms with Gasteiger partial charge in [0, 0.05) is 6.20 Å². The van der Waals surface area contributed by atoms with Gasteiger partial charge < -0.3 is 19.2 Å². The summed E-state index contributed by atoms with van der Waals surface area (Å²) >= 11 is 5.07. The van der Waals surface area contributed by atoms with Crippen LogP contribution in [0.2, 0.25) is 0 Å². The molecule has 0 radical (unpaired) electrons. The number of aromatic nitrogens is 5. The van der Waals surface area contributed by atoms with E-state index in [0.29, 0.717) is 31.2 Å². The van der Waals surface area contributed by atoms with E-state index in [-0.39, 0.29) is 11.8 Å². The molecule has 1 aromatic carbocycles. The number of halogens is 1. The summed E-state index contributed by atoms with van der Waals surface area (Å²) in [4.78, 5) is 22.7. The fourth-order valence-electron chi connectivity index (χ4n) is 3.44. The molecule has 32 heavy (non-hydrogen) atoms. The molecule has 1 N–H and O–H groups in total. The van der Waals surface area contributed by atoms with Crippen molar-refractivity contribution in [1.82, 2.24) is 24.7 Å². The molecule has 0 saturated carbocycles. The smallest absolute Gasteiger partial charge is 0.345 e. The predicted molar refractivity (Wildman–Crippen MR) is 120 cm³/mol. The average molecular weight is 516 g/mol. The lowest BCUT2D eigenvalue weighted by Crippen LogP contribution is -2.33. The van der Waals surface area contributed by atoms with Gasteiger partial charge in [-0.05, 0) is 64.0 Å². The summed E-state index contributed by atoms with van der Waals surface area (Å²) in [6, 6.07) is 13.2. The van der Waals surface area contributed by atoms with Crippen LogP contribution in [0.3, 0.4) is 0 Å². The molecule has 0 spiro atoms. The zero-order chi connectivity index (χ0) is 22.0. The summed E-state index contributed by atoms with van der Waals surface area (Å²) in [7, 11) is 0. The van der Waals surface area contributed by atoms with E-state index < -0.39 is 5.79 Å². The van der Waals surface area contributed by atoms with Crippen molar-refractivity contribution in [2.75, 3.05) is 13.2 Å². The van der Waals surface area contributed by atoms with Gasteiger partial charge >= 0.3 is 5.69 Å². The van der Waals surface area contributed by atoms with Gasteiger partial charge in [0.1, 0.15) is 37.7 Å². The second-order valence-corrected chi connectivity index (χ2v) is 9.59. The summed E-state index contributed by atoms with van der Waals surface area (Å²) in [6.07, 6.45) is 4.35. The molecule has 0 amide bonds. The molecule has 9 nitrogen and oxygen atoms in total. The fraction of sp³-hybridized carbons (Fsp3) is 0.238. The molecule has 1 saturated heterocycles. The van der Waals surface area contributed by atoms with Crippen molar-refractivity contribution < 1.29 is 14.2 Å². The Labute approximate surface area is 195 Å². The van der Waals surface area contributed by atoms with Crippen molar-refractivity contribution in [3.05, 3.63) is 80.5 Å². The molecule has 0 bridgehead atoms. The normalized spacial score (nSPS) is 20.5. The largest absolute Gasteiger partial charge is 0.491 e. The standard InChI is InChI=1S/C21H18BrN5O4S/c22-19-6-5-18(32-19)21(11-27-13-23-12-25-27)30-10-16(31-21)9-29-15-3-1-14(2-4-15)17-7-8-24-20(28)26-17/h1-8,12-13,16H,9-11H2,(H,24,26,28). The van der Waals surface area contributed by atoms with Crippen molar-refractivity contribution in [3.63, 3.8) is 0 Å². The molecule has 2 unspecified atom stereocenters. The van der Waals surface area contributed by atoms with E-state index in [1.54, 1.807) is 28.4 Å². The van der Waals surface area contributed by atoms with Gasteiger partial charge in [-0.25, -0.2) is 19.4 Å². The highest BCUT2D eigenvalue weighted by Crippen LogP contribution is 2.41. The van der Waals surface area contributed by atoms with Crippen LogP contribution in [0.25, 0.3) is 11.3 Å². The molecule has 3 aromatic heterocycles. The highest BCUT2D eigenvalue weighted by Gasteiger charge is 2.45. The van der Waals surface area contributed by atoms with Gasteiger partial charge in [0.15, 0.2) is 0 Å². The third-order valence-electron chi connectivity index (χ3n) is 4.92. The summed E-state index contributed by atoms with van der Waals surface area (Å²) in [5.74, 6) is -0.253. The number of ether oxygens (including phenoxy) is 3. The van der Waals surface area contributed by atoms with Crippen LogP contribution in [0.4, 0.5) is 0 Å². The van der Waals surface area contributed by atoms with Crippen LogP contribution in [-0.4, -0.2) is 44.1 Å². The number of nitrogens with one attached hydrogen (secondary N) is 1. The minimum Gasteiger partial charge on any atom is -0.491 e. The van der Waals surface area contributed by atoms with Crippen molar-refractivity contribution >= 4 is 27.3 Å². The molecular formula is C21H18BrN5O4S. The molecule has 5 rings (SSSR count). The lowest BCUT2D eigenvalue weighted by molar-refractivity contribution is -0.188. The fourth-order valence-corrected chi connectivity index (χ4v) is 4.91. The molecule has 11 heteroatoms. The quantitative estimate of drug-likeness (QED) is 0.402. The minimum absolute atomic E-state index is 0.254. The maximum absolute atomic E-state index is 11.4. The van der Waals surface area contributed by atoms with Gasteiger partial charge in [-0.1, -0.05) is 0 Å². The number of aromatic amines is 1. The van der Waals surface area contributed by atoms with Gasteiger partial charge in [-0.15, -0.1) is 11.3 Å². The zero-order valence-electron chi connectivity index (χ0n) is 16.7. The van der Waals surface area contributed by atoms with Gasteiger partial charge in [-0.3, -0.25) is 0 Å². The number of thiophene rings is 1. The number of hydrogen-bond acceptors (Lipinski definition) is 8. The number of H-pyrrole nitrogens is 1. The molecule has 4 aromatic rings. The minimum atomic E-state index is -0.949. The average Bonchev–Trinajstić information content (AvgIpc) is 3.55. The maximum Gasteiger partial charge on any atom is 0.345 e. The van der Waals surface area contributed by atoms with E-state index in [4.69, 9.17) is 14.2 Å². The first-order chi connectivity index (χ1) is 15.6. The van der Waals surface area contributed by atoms with Crippen molar-refractivity contribution in [1.29, 1.82) is 0 Å². The van der Waals surface area contributed by atoms with E-state index in [0.717, 1.165) is 14.2 Å². The number of rotatable bonds is 7. The molecule has 164 valence electrons. The highest BCUT2D eigenvalue weighted by atomic mass is 79.9. The Morgan fingerprint density at radius 1 is 1.25 bits per heavy atom. The first-order valence-electron chi connectivity index (χ1n) is 9.78. The first kappa shape index (κ1) is 21.0. The van der Waals surface area contributed by atoms with Crippen LogP contribution >= 0.6 is 27.3 Å². The van der Waals surface area contributed by atoms with E-state index in [1.165, 1.54) is 12.5 Å². The van der Waals surface area contributed by atoms with Crippen molar-refractivity contribution in [2.24, 2.45) is 0 Å². The van der Waals surface area contributed by atoms with Crippen LogP contribution in [0.5, 0.6) is 5.75 Å². The maximum atomic E-state index is 11.4. The molecule has 1 fully saturated rings. The number of nitrogens with zero attached hydrogens (tertiary/aromatic N) is 4. The van der Waals surface area contributed by atoms with Crippen LogP contribution < -0.4 is 10.4 Å². The Morgan fingerprint density at radius 2 is 2.12 bits per heavy atom. The molecule has 0 aliphatic carbocycles. The summed E-state index contributed by atoms with van der Waals surface area (Å²) < 4.78 is 21.1. The van der Waals surface area contributed by atoms with Crippen LogP contribution in [0.15, 0.2) is 69.9 Å². The lowest BCUT2D eigenvalue weighted by atomic mass is 10.1. The Bertz CT molecular complexity index is 1240. The van der Waals surface area contributed by atoms with Crippen molar-refractivity contribution in [3.8, 4) is 17.0 Å². The molecule has 1 aliphatic heterocycles. The second kappa shape index (κ2) is 8.94. The number of benzene rings is 1. The van der Waals surface area contributed by atoms with Crippen LogP contribution in [0, 0.1) is 0 Å². The SMILES string of the molecule is O=c1nccc(-c2ccc(OCC3COC(Cn4cncn4)(c4ccc(Br)s4)O3)cc2)[nH]1. The predicted octanol–water partition coefficient (Wildman–Crippen LogP) is 3.20. The second-order valence-electron chi connectivity index (χ2n) is 7.12. The Morgan fingerprint density at radius 3 is 2.84 bits per heavy atom. The van der Waals surface area contributed by atoms with Crippen LogP contribution in [0.1, 0.15) is 4.88 Å². The first-order valence-corrected chi connectivity index (χ1v) is 11.4. The van der Waals surface area contributed by atoms with Crippen molar-refractivity contribution in [2.45, 2.75) is 18.4 Å². The Hall–Kier alpha value is -2.86. The number of hydrogen-bond donors (Lipinski definition) is 1. The highest BCUT2D eigenvalue weighted by molar-refractivity contribution is 9.11. The van der Waals surface area contributed by atoms with E-state index >= 15 is 0 Å². The Kier molecular flexibility index (Phi) is 5.87. The van der Waals surface area contributed by atoms with Gasteiger partial charge in [0.2, 0.25) is 5.79 Å². The van der Waals surface area contributed by atoms with Gasteiger partial charge in [0.25, 0.3) is 0 Å². The van der Waals surface area contributed by atoms with Gasteiger partial charge in [-0.2, -0.15) is 5.10 Å². The molecule has 2 atom stereocenters. The molecule has 4 heterocycles. The summed E-state index contributed by atoms with van der Waals surface area (Å²) in [5.41, 5.74) is 1.19. The van der Waals surface area contributed by atoms with E-state index in [1.807, 2.05) is 36.4 Å². The summed E-state index contributed by atoms with van der Waals surface area (Å²) in [5, 5.41) is 4.20. The third-order valence-corrected chi connectivity index (χ3v) is 6.67. The van der Waals surface area contributed by atoms with Gasteiger partial charge in [0.05, 0.1) is 21.0 Å². The molecule has 1 aliphatic rings. The zero-order valence-corrected chi connectivity index (χ0v) is 19.1. The topological polar surface area (TPSA) is 104 Å². The monoisotopic (exact) mass is 515 g/mol. The molecular weight excluding hydrogens is 498 g/mol.